The third-order valence-electron chi connectivity index (χ3n) is 6.88. The Morgan fingerprint density at radius 2 is 1.70 bits per heavy atom. The molecule has 0 bridgehead atoms. The molecule has 12 nitrogen and oxygen atoms in total. The number of sulfonamides is 2. The van der Waals surface area contributed by atoms with Crippen LogP contribution in [0.5, 0.6) is 5.88 Å². The summed E-state index contributed by atoms with van der Waals surface area (Å²) in [6, 6.07) is 10.2. The summed E-state index contributed by atoms with van der Waals surface area (Å²) in [4.78, 5) is 22.6. The molecule has 1 saturated heterocycles. The summed E-state index contributed by atoms with van der Waals surface area (Å²) < 4.78 is 85.8. The van der Waals surface area contributed by atoms with Crippen molar-refractivity contribution in [2.45, 2.75) is 4.90 Å². The normalized spacial score (nSPS) is 14.6. The smallest absolute Gasteiger partial charge is 0.264 e. The highest BCUT2D eigenvalue weighted by molar-refractivity contribution is 7.92. The van der Waals surface area contributed by atoms with Crippen LogP contribution in [0.25, 0.3) is 22.0 Å². The van der Waals surface area contributed by atoms with Crippen LogP contribution in [0.2, 0.25) is 0 Å². The van der Waals surface area contributed by atoms with Gasteiger partial charge in [-0.15, -0.1) is 0 Å². The molecule has 0 unspecified atom stereocenters. The van der Waals surface area contributed by atoms with E-state index in [9.17, 15) is 30.4 Å². The quantitative estimate of drug-likeness (QED) is 0.312. The first-order valence-corrected chi connectivity index (χ1v) is 16.1. The van der Waals surface area contributed by atoms with Gasteiger partial charge in [-0.3, -0.25) is 9.52 Å². The number of nitrogens with two attached hydrogens (primary N) is 1. The van der Waals surface area contributed by atoms with Gasteiger partial charge in [0.25, 0.3) is 15.9 Å². The molecular weight excluding hydrogens is 606 g/mol. The maximum Gasteiger partial charge on any atom is 0.264 e. The molecule has 5 rings (SSSR count). The molecule has 0 atom stereocenters. The lowest BCUT2D eigenvalue weighted by atomic mass is 10.0. The lowest BCUT2D eigenvalue weighted by molar-refractivity contribution is 0.0699. The predicted octanol–water partition coefficient (Wildman–Crippen LogP) is 2.68. The summed E-state index contributed by atoms with van der Waals surface area (Å²) in [5.74, 6) is -2.65. The van der Waals surface area contributed by atoms with E-state index >= 15 is 0 Å². The van der Waals surface area contributed by atoms with Crippen molar-refractivity contribution in [2.24, 2.45) is 0 Å². The largest absolute Gasteiger partial charge is 0.480 e. The standard InChI is InChI=1S/C27H26F2N6O6S2/c1-41-26-23(33-43(39,40)24-6-4-19(28)14-21(24)29)13-18(15-31-26)16-3-5-22-17(11-16)12-20(25(30)32-22)27(36)34-7-9-35(10-8-34)42(2,37)38/h3-6,11-15,33H,7-10H2,1-2H3,(H2,30,32). The lowest BCUT2D eigenvalue weighted by Crippen LogP contribution is -2.50. The Morgan fingerprint density at radius 3 is 2.35 bits per heavy atom. The molecule has 1 aliphatic rings. The van der Waals surface area contributed by atoms with E-state index in [0.29, 0.717) is 28.1 Å². The fourth-order valence-corrected chi connectivity index (χ4v) is 6.61. The molecule has 16 heteroatoms. The number of fused-ring (bicyclic) bond motifs is 1. The Morgan fingerprint density at radius 1 is 0.977 bits per heavy atom. The second-order valence-electron chi connectivity index (χ2n) is 9.74. The zero-order chi connectivity index (χ0) is 31.1. The second kappa shape index (κ2) is 11.3. The van der Waals surface area contributed by atoms with E-state index in [1.165, 1.54) is 28.6 Å². The summed E-state index contributed by atoms with van der Waals surface area (Å²) >= 11 is 0. The van der Waals surface area contributed by atoms with Crippen molar-refractivity contribution in [3.8, 4) is 17.0 Å². The van der Waals surface area contributed by atoms with Crippen LogP contribution in [0.4, 0.5) is 20.3 Å². The van der Waals surface area contributed by atoms with Crippen LogP contribution in [-0.2, 0) is 20.0 Å². The van der Waals surface area contributed by atoms with Crippen LogP contribution in [0.1, 0.15) is 10.4 Å². The van der Waals surface area contributed by atoms with Gasteiger partial charge in [0.2, 0.25) is 15.9 Å². The van der Waals surface area contributed by atoms with Gasteiger partial charge in [-0.2, -0.15) is 4.31 Å². The number of benzene rings is 2. The number of nitrogens with zero attached hydrogens (tertiary/aromatic N) is 4. The minimum absolute atomic E-state index is 0.0200. The molecule has 0 radical (unpaired) electrons. The Kier molecular flexibility index (Phi) is 7.93. The second-order valence-corrected chi connectivity index (χ2v) is 13.4. The van der Waals surface area contributed by atoms with E-state index in [-0.39, 0.29) is 55.0 Å². The van der Waals surface area contributed by atoms with E-state index in [1.807, 2.05) is 0 Å². The fourth-order valence-electron chi connectivity index (χ4n) is 4.67. The van der Waals surface area contributed by atoms with Crippen LogP contribution < -0.4 is 15.2 Å². The van der Waals surface area contributed by atoms with Crippen LogP contribution in [0.15, 0.2) is 59.6 Å². The van der Waals surface area contributed by atoms with Crippen molar-refractivity contribution >= 4 is 48.4 Å². The molecule has 1 amide bonds. The van der Waals surface area contributed by atoms with E-state index in [4.69, 9.17) is 10.5 Å². The van der Waals surface area contributed by atoms with Crippen LogP contribution in [0.3, 0.4) is 0 Å². The molecule has 3 N–H and O–H groups in total. The Labute approximate surface area is 246 Å². The van der Waals surface area contributed by atoms with Gasteiger partial charge in [-0.1, -0.05) is 6.07 Å². The molecule has 0 saturated carbocycles. The van der Waals surface area contributed by atoms with Gasteiger partial charge in [0.15, 0.2) is 0 Å². The number of anilines is 2. The van der Waals surface area contributed by atoms with Gasteiger partial charge in [-0.05, 0) is 42.0 Å². The zero-order valence-corrected chi connectivity index (χ0v) is 24.5. The number of halogens is 2. The summed E-state index contributed by atoms with van der Waals surface area (Å²) in [5.41, 5.74) is 7.69. The summed E-state index contributed by atoms with van der Waals surface area (Å²) in [6.45, 7) is 0.725. The SMILES string of the molecule is COc1ncc(-c2ccc3nc(N)c(C(=O)N4CCN(S(C)(=O)=O)CC4)cc3c2)cc1NS(=O)(=O)c1ccc(F)cc1F. The van der Waals surface area contributed by atoms with Gasteiger partial charge in [0.1, 0.15) is 28.0 Å². The maximum absolute atomic E-state index is 14.3. The number of hydrogen-bond donors (Lipinski definition) is 2. The number of aromatic nitrogens is 2. The van der Waals surface area contributed by atoms with Crippen LogP contribution >= 0.6 is 0 Å². The van der Waals surface area contributed by atoms with Crippen molar-refractivity contribution in [2.75, 3.05) is 50.0 Å². The number of rotatable bonds is 7. The molecule has 2 aromatic carbocycles. The van der Waals surface area contributed by atoms with Gasteiger partial charge in [-0.25, -0.2) is 35.6 Å². The van der Waals surface area contributed by atoms with Crippen LogP contribution in [-0.4, -0.2) is 81.5 Å². The minimum Gasteiger partial charge on any atom is -0.480 e. The van der Waals surface area contributed by atoms with E-state index < -0.39 is 36.6 Å². The van der Waals surface area contributed by atoms with Gasteiger partial charge in [0.05, 0.1) is 24.4 Å². The number of methoxy groups -OCH3 is 1. The van der Waals surface area contributed by atoms with E-state index in [2.05, 4.69) is 14.7 Å². The summed E-state index contributed by atoms with van der Waals surface area (Å²) in [6.07, 6.45) is 2.56. The number of amides is 1. The monoisotopic (exact) mass is 632 g/mol. The molecule has 1 fully saturated rings. The molecular formula is C27H26F2N6O6S2. The average molecular weight is 633 g/mol. The summed E-state index contributed by atoms with van der Waals surface area (Å²) in [5, 5.41) is 0.552. The number of nitrogen functional groups attached to an aromatic ring is 1. The summed E-state index contributed by atoms with van der Waals surface area (Å²) in [7, 11) is -6.57. The maximum atomic E-state index is 14.3. The number of carbonyl (C=O) groups is 1. The van der Waals surface area contributed by atoms with Crippen molar-refractivity contribution in [1.82, 2.24) is 19.2 Å². The minimum atomic E-state index is -4.48. The zero-order valence-electron chi connectivity index (χ0n) is 22.9. The molecule has 0 aliphatic carbocycles. The third kappa shape index (κ3) is 6.21. The van der Waals surface area contributed by atoms with Crippen LogP contribution in [0, 0.1) is 11.6 Å². The number of hydrogen-bond acceptors (Lipinski definition) is 9. The number of pyridine rings is 2. The van der Waals surface area contributed by atoms with E-state index in [0.717, 1.165) is 18.4 Å². The van der Waals surface area contributed by atoms with Gasteiger partial charge < -0.3 is 15.4 Å². The van der Waals surface area contributed by atoms with Crippen molar-refractivity contribution in [3.63, 3.8) is 0 Å². The number of ether oxygens (including phenoxy) is 1. The molecule has 4 aromatic rings. The first kappa shape index (κ1) is 30.1. The number of carbonyl (C=O) groups excluding carboxylic acids is 1. The molecule has 0 spiro atoms. The van der Waals surface area contributed by atoms with E-state index in [1.54, 1.807) is 24.3 Å². The highest BCUT2D eigenvalue weighted by atomic mass is 32.2. The lowest BCUT2D eigenvalue weighted by Gasteiger charge is -2.33. The Hall–Kier alpha value is -4.41. The highest BCUT2D eigenvalue weighted by Crippen LogP contribution is 2.32. The highest BCUT2D eigenvalue weighted by Gasteiger charge is 2.28. The Bertz CT molecular complexity index is 1970. The first-order valence-electron chi connectivity index (χ1n) is 12.7. The van der Waals surface area contributed by atoms with Crippen molar-refractivity contribution < 1.29 is 35.1 Å². The topological polar surface area (TPSA) is 165 Å². The van der Waals surface area contributed by atoms with Crippen molar-refractivity contribution in [1.29, 1.82) is 0 Å². The number of nitrogens with one attached hydrogen (secondary N) is 1. The molecule has 1 aliphatic heterocycles. The molecule has 2 aromatic heterocycles. The molecule has 43 heavy (non-hydrogen) atoms. The average Bonchev–Trinajstić information content (AvgIpc) is 2.95. The van der Waals surface area contributed by atoms with Gasteiger partial charge >= 0.3 is 0 Å². The molecule has 3 heterocycles. The van der Waals surface area contributed by atoms with Crippen molar-refractivity contribution in [3.05, 3.63) is 71.9 Å². The first-order chi connectivity index (χ1) is 20.3. The number of piperazine rings is 1. The third-order valence-corrected chi connectivity index (χ3v) is 9.58. The predicted molar refractivity (Wildman–Crippen MR) is 155 cm³/mol. The Balaban J connectivity index is 1.46. The van der Waals surface area contributed by atoms with Gasteiger partial charge in [0, 0.05) is 49.4 Å². The fraction of sp³-hybridized carbons (Fsp3) is 0.222. The molecule has 226 valence electrons.